The van der Waals surface area contributed by atoms with Gasteiger partial charge in [0.15, 0.2) is 0 Å². The van der Waals surface area contributed by atoms with Gasteiger partial charge in [-0.1, -0.05) is 31.5 Å². The highest BCUT2D eigenvalue weighted by molar-refractivity contribution is 5.54. The molecule has 3 nitrogen and oxygen atoms in total. The van der Waals surface area contributed by atoms with Crippen LogP contribution in [0.15, 0.2) is 18.2 Å². The van der Waals surface area contributed by atoms with Crippen LogP contribution in [0, 0.1) is 12.8 Å². The molecule has 2 rings (SSSR count). The lowest BCUT2D eigenvalue weighted by Crippen LogP contribution is -2.29. The van der Waals surface area contributed by atoms with Crippen LogP contribution in [0.5, 0.6) is 0 Å². The summed E-state index contributed by atoms with van der Waals surface area (Å²) in [5, 5.41) is 3.55. The van der Waals surface area contributed by atoms with Gasteiger partial charge >= 0.3 is 0 Å². The smallest absolute Gasteiger partial charge is 0.0409 e. The predicted octanol–water partition coefficient (Wildman–Crippen LogP) is 2.88. The van der Waals surface area contributed by atoms with Gasteiger partial charge in [0.25, 0.3) is 0 Å². The van der Waals surface area contributed by atoms with Crippen LogP contribution in [0.3, 0.4) is 0 Å². The second kappa shape index (κ2) is 7.28. The number of hydrogen-bond donors (Lipinski definition) is 1. The molecule has 1 N–H and O–H groups in total. The topological polar surface area (TPSA) is 18.5 Å². The lowest BCUT2D eigenvalue weighted by atomic mass is 10.1. The number of benzene rings is 1. The number of rotatable bonds is 6. The van der Waals surface area contributed by atoms with Gasteiger partial charge in [-0.2, -0.15) is 0 Å². The lowest BCUT2D eigenvalue weighted by Gasteiger charge is -2.26. The molecule has 1 fully saturated rings. The molecule has 3 heteroatoms. The number of nitrogens with one attached hydrogen (secondary N) is 1. The Hall–Kier alpha value is -1.06. The molecule has 0 aliphatic carbocycles. The fourth-order valence-corrected chi connectivity index (χ4v) is 3.20. The Morgan fingerprint density at radius 1 is 1.38 bits per heavy atom. The monoisotopic (exact) mass is 289 g/mol. The van der Waals surface area contributed by atoms with Crippen molar-refractivity contribution in [2.24, 2.45) is 5.92 Å². The van der Waals surface area contributed by atoms with Crippen molar-refractivity contribution < 1.29 is 0 Å². The predicted molar refractivity (Wildman–Crippen MR) is 92.0 cm³/mol. The van der Waals surface area contributed by atoms with Crippen molar-refractivity contribution in [3.8, 4) is 0 Å². The molecule has 0 amide bonds. The minimum atomic E-state index is 0.521. The number of hydrogen-bond acceptors (Lipinski definition) is 3. The maximum absolute atomic E-state index is 3.55. The van der Waals surface area contributed by atoms with E-state index in [-0.39, 0.29) is 0 Å². The highest BCUT2D eigenvalue weighted by atomic mass is 15.2. The summed E-state index contributed by atoms with van der Waals surface area (Å²) < 4.78 is 0. The van der Waals surface area contributed by atoms with Crippen molar-refractivity contribution in [1.29, 1.82) is 0 Å². The first-order valence-electron chi connectivity index (χ1n) is 8.18. The summed E-state index contributed by atoms with van der Waals surface area (Å²) in [5.41, 5.74) is 4.13. The molecular formula is C18H31N3. The second-order valence-corrected chi connectivity index (χ2v) is 6.97. The molecule has 1 aliphatic heterocycles. The molecule has 0 spiro atoms. The molecule has 0 radical (unpaired) electrons. The third kappa shape index (κ3) is 4.72. The molecule has 1 aromatic carbocycles. The quantitative estimate of drug-likeness (QED) is 0.869. The van der Waals surface area contributed by atoms with Gasteiger partial charge in [0, 0.05) is 38.4 Å². The summed E-state index contributed by atoms with van der Waals surface area (Å²) in [6.45, 7) is 11.2. The first-order valence-corrected chi connectivity index (χ1v) is 8.18. The van der Waals surface area contributed by atoms with Crippen molar-refractivity contribution in [3.05, 3.63) is 29.3 Å². The highest BCUT2D eigenvalue weighted by Gasteiger charge is 2.21. The summed E-state index contributed by atoms with van der Waals surface area (Å²) in [7, 11) is 4.46. The fourth-order valence-electron chi connectivity index (χ4n) is 3.20. The summed E-state index contributed by atoms with van der Waals surface area (Å²) >= 11 is 0. The van der Waals surface area contributed by atoms with E-state index in [1.165, 1.54) is 36.3 Å². The Morgan fingerprint density at radius 2 is 2.14 bits per heavy atom. The minimum Gasteiger partial charge on any atom is -0.374 e. The van der Waals surface area contributed by atoms with E-state index >= 15 is 0 Å². The number of likely N-dealkylation sites (tertiary alicyclic amines) is 1. The van der Waals surface area contributed by atoms with Crippen molar-refractivity contribution in [3.63, 3.8) is 0 Å². The van der Waals surface area contributed by atoms with Gasteiger partial charge in [0.1, 0.15) is 0 Å². The van der Waals surface area contributed by atoms with Gasteiger partial charge in [0.05, 0.1) is 0 Å². The molecule has 0 saturated carbocycles. The second-order valence-electron chi connectivity index (χ2n) is 6.97. The first-order chi connectivity index (χ1) is 9.95. The van der Waals surface area contributed by atoms with E-state index in [9.17, 15) is 0 Å². The Kier molecular flexibility index (Phi) is 5.65. The van der Waals surface area contributed by atoms with Crippen LogP contribution in [-0.4, -0.2) is 44.7 Å². The Bertz CT molecular complexity index is 456. The van der Waals surface area contributed by atoms with Crippen LogP contribution in [0.1, 0.15) is 31.4 Å². The molecule has 21 heavy (non-hydrogen) atoms. The van der Waals surface area contributed by atoms with Gasteiger partial charge in [-0.05, 0) is 44.5 Å². The molecule has 1 atom stereocenters. The molecule has 1 aromatic rings. The summed E-state index contributed by atoms with van der Waals surface area (Å²) in [6, 6.07) is 7.35. The zero-order chi connectivity index (χ0) is 15.4. The van der Waals surface area contributed by atoms with Crippen molar-refractivity contribution in [2.45, 2.75) is 39.8 Å². The molecule has 0 aromatic heterocycles. The lowest BCUT2D eigenvalue weighted by molar-refractivity contribution is 0.396. The number of anilines is 1. The van der Waals surface area contributed by atoms with E-state index in [4.69, 9.17) is 0 Å². The normalized spacial score (nSPS) is 19.4. The number of aryl methyl sites for hydroxylation is 1. The average Bonchev–Trinajstić information content (AvgIpc) is 2.81. The van der Waals surface area contributed by atoms with Gasteiger partial charge in [-0.25, -0.2) is 0 Å². The van der Waals surface area contributed by atoms with E-state index in [0.29, 0.717) is 6.04 Å². The van der Waals surface area contributed by atoms with E-state index < -0.39 is 0 Å². The Balaban J connectivity index is 2.06. The molecule has 1 saturated heterocycles. The zero-order valence-corrected chi connectivity index (χ0v) is 14.3. The van der Waals surface area contributed by atoms with Gasteiger partial charge in [0.2, 0.25) is 0 Å². The van der Waals surface area contributed by atoms with Crippen LogP contribution < -0.4 is 10.2 Å². The van der Waals surface area contributed by atoms with Gasteiger partial charge in [-0.3, -0.25) is 0 Å². The van der Waals surface area contributed by atoms with Gasteiger partial charge < -0.3 is 15.1 Å². The average molecular weight is 289 g/mol. The maximum Gasteiger partial charge on any atom is 0.0409 e. The summed E-state index contributed by atoms with van der Waals surface area (Å²) in [5.74, 6) is 0.798. The molecular weight excluding hydrogens is 258 g/mol. The van der Waals surface area contributed by atoms with E-state index in [2.05, 4.69) is 68.2 Å². The van der Waals surface area contributed by atoms with E-state index in [0.717, 1.165) is 19.0 Å². The van der Waals surface area contributed by atoms with Gasteiger partial charge in [-0.15, -0.1) is 0 Å². The SMILES string of the molecule is Cc1ccc(N(C)CC2CCN(C)C2)c(CNC(C)C)c1. The van der Waals surface area contributed by atoms with Crippen LogP contribution in [0.2, 0.25) is 0 Å². The molecule has 1 aliphatic rings. The fraction of sp³-hybridized carbons (Fsp3) is 0.667. The van der Waals surface area contributed by atoms with Crippen molar-refractivity contribution >= 4 is 5.69 Å². The minimum absolute atomic E-state index is 0.521. The summed E-state index contributed by atoms with van der Waals surface area (Å²) in [4.78, 5) is 4.88. The van der Waals surface area contributed by atoms with Crippen LogP contribution >= 0.6 is 0 Å². The third-order valence-corrected chi connectivity index (χ3v) is 4.37. The molecule has 0 bridgehead atoms. The van der Waals surface area contributed by atoms with Crippen LogP contribution in [0.25, 0.3) is 0 Å². The van der Waals surface area contributed by atoms with E-state index in [1.807, 2.05) is 0 Å². The molecule has 1 unspecified atom stereocenters. The zero-order valence-electron chi connectivity index (χ0n) is 14.3. The van der Waals surface area contributed by atoms with E-state index in [1.54, 1.807) is 0 Å². The standard InChI is InChI=1S/C18H31N3/c1-14(2)19-11-17-10-15(3)6-7-18(17)21(5)13-16-8-9-20(4)12-16/h6-7,10,14,16,19H,8-9,11-13H2,1-5H3. The Morgan fingerprint density at radius 3 is 2.76 bits per heavy atom. The van der Waals surface area contributed by atoms with Crippen LogP contribution in [0.4, 0.5) is 5.69 Å². The highest BCUT2D eigenvalue weighted by Crippen LogP contribution is 2.24. The Labute approximate surface area is 130 Å². The molecule has 118 valence electrons. The largest absolute Gasteiger partial charge is 0.374 e. The maximum atomic E-state index is 3.55. The van der Waals surface area contributed by atoms with Crippen molar-refractivity contribution in [2.75, 3.05) is 38.6 Å². The number of nitrogens with zero attached hydrogens (tertiary/aromatic N) is 2. The summed E-state index contributed by atoms with van der Waals surface area (Å²) in [6.07, 6.45) is 1.33. The first kappa shape index (κ1) is 16.3. The third-order valence-electron chi connectivity index (χ3n) is 4.37. The molecule has 1 heterocycles. The van der Waals surface area contributed by atoms with Crippen molar-refractivity contribution in [1.82, 2.24) is 10.2 Å². The van der Waals surface area contributed by atoms with Crippen LogP contribution in [-0.2, 0) is 6.54 Å².